The van der Waals surface area contributed by atoms with Gasteiger partial charge in [-0.2, -0.15) is 5.10 Å². The lowest BCUT2D eigenvalue weighted by atomic mass is 10.1. The van der Waals surface area contributed by atoms with Gasteiger partial charge >= 0.3 is 0 Å². The molecule has 1 atom stereocenters. The van der Waals surface area contributed by atoms with Crippen molar-refractivity contribution in [2.75, 3.05) is 0 Å². The van der Waals surface area contributed by atoms with E-state index >= 15 is 0 Å². The molecule has 0 spiro atoms. The first kappa shape index (κ1) is 15.5. The number of aryl methyl sites for hydroxylation is 1. The minimum atomic E-state index is 0.239. The average Bonchev–Trinajstić information content (AvgIpc) is 2.92. The van der Waals surface area contributed by atoms with Crippen molar-refractivity contribution in [3.8, 4) is 5.75 Å². The molecule has 5 nitrogen and oxygen atoms in total. The zero-order valence-electron chi connectivity index (χ0n) is 13.0. The van der Waals surface area contributed by atoms with Gasteiger partial charge in [-0.25, -0.2) is 9.67 Å². The van der Waals surface area contributed by atoms with Gasteiger partial charge in [-0.1, -0.05) is 12.1 Å². The molecule has 1 aromatic heterocycles. The monoisotopic (exact) mass is 288 g/mol. The van der Waals surface area contributed by atoms with Crippen LogP contribution in [-0.2, 0) is 13.0 Å². The molecule has 5 heteroatoms. The Labute approximate surface area is 126 Å². The average molecular weight is 288 g/mol. The maximum absolute atomic E-state index is 5.77. The first-order valence-corrected chi connectivity index (χ1v) is 7.42. The molecular formula is C16H24N4O. The Hall–Kier alpha value is -1.88. The maximum atomic E-state index is 5.77. The van der Waals surface area contributed by atoms with Crippen LogP contribution in [0.2, 0.25) is 0 Å². The molecule has 0 radical (unpaired) electrons. The molecule has 2 N–H and O–H groups in total. The summed E-state index contributed by atoms with van der Waals surface area (Å²) >= 11 is 0. The van der Waals surface area contributed by atoms with Gasteiger partial charge in [0.15, 0.2) is 5.82 Å². The lowest BCUT2D eigenvalue weighted by Gasteiger charge is -2.11. The lowest BCUT2D eigenvalue weighted by Crippen LogP contribution is -2.15. The van der Waals surface area contributed by atoms with Crippen molar-refractivity contribution >= 4 is 0 Å². The third-order valence-electron chi connectivity index (χ3n) is 3.32. The number of hydrogen-bond donors (Lipinski definition) is 1. The zero-order valence-corrected chi connectivity index (χ0v) is 13.0. The summed E-state index contributed by atoms with van der Waals surface area (Å²) in [5.74, 6) is 1.68. The van der Waals surface area contributed by atoms with Crippen LogP contribution in [0.1, 0.15) is 44.6 Å². The zero-order chi connectivity index (χ0) is 15.2. The summed E-state index contributed by atoms with van der Waals surface area (Å²) in [6, 6.07) is 8.68. The Balaban J connectivity index is 1.90. The molecular weight excluding hydrogens is 264 g/mol. The third kappa shape index (κ3) is 4.56. The molecule has 1 aromatic carbocycles. The van der Waals surface area contributed by atoms with E-state index in [0.29, 0.717) is 6.61 Å². The standard InChI is InChI=1S/C16H24N4O/c1-12(2)20-16(18-11-19-20)10-21-15-8-6-14(7-9-15)5-4-13(3)17/h6-9,11-13H,4-5,10,17H2,1-3H3. The van der Waals surface area contributed by atoms with Crippen LogP contribution in [0, 0.1) is 0 Å². The van der Waals surface area contributed by atoms with Crippen molar-refractivity contribution in [1.82, 2.24) is 14.8 Å². The Morgan fingerprint density at radius 1 is 1.19 bits per heavy atom. The summed E-state index contributed by atoms with van der Waals surface area (Å²) in [4.78, 5) is 4.23. The number of nitrogens with two attached hydrogens (primary N) is 1. The molecule has 1 unspecified atom stereocenters. The number of nitrogens with zero attached hydrogens (tertiary/aromatic N) is 3. The SMILES string of the molecule is CC(N)CCc1ccc(OCc2ncnn2C(C)C)cc1. The van der Waals surface area contributed by atoms with Gasteiger partial charge in [-0.05, 0) is 51.3 Å². The number of aromatic nitrogens is 3. The second kappa shape index (κ2) is 7.22. The highest BCUT2D eigenvalue weighted by atomic mass is 16.5. The molecule has 1 heterocycles. The van der Waals surface area contributed by atoms with Gasteiger partial charge < -0.3 is 10.5 Å². The second-order valence-corrected chi connectivity index (χ2v) is 5.66. The number of hydrogen-bond acceptors (Lipinski definition) is 4. The predicted molar refractivity (Wildman–Crippen MR) is 83.2 cm³/mol. The molecule has 0 aliphatic heterocycles. The smallest absolute Gasteiger partial charge is 0.165 e. The molecule has 21 heavy (non-hydrogen) atoms. The normalized spacial score (nSPS) is 12.6. The molecule has 0 saturated heterocycles. The summed E-state index contributed by atoms with van der Waals surface area (Å²) in [5.41, 5.74) is 7.05. The van der Waals surface area contributed by atoms with Crippen molar-refractivity contribution in [3.63, 3.8) is 0 Å². The van der Waals surface area contributed by atoms with Gasteiger partial charge in [0.05, 0.1) is 0 Å². The second-order valence-electron chi connectivity index (χ2n) is 5.66. The van der Waals surface area contributed by atoms with Gasteiger partial charge in [0.2, 0.25) is 0 Å². The van der Waals surface area contributed by atoms with E-state index in [4.69, 9.17) is 10.5 Å². The van der Waals surface area contributed by atoms with Crippen molar-refractivity contribution in [3.05, 3.63) is 42.0 Å². The fourth-order valence-electron chi connectivity index (χ4n) is 2.10. The number of ether oxygens (including phenoxy) is 1. The first-order valence-electron chi connectivity index (χ1n) is 7.42. The van der Waals surface area contributed by atoms with Crippen LogP contribution in [0.3, 0.4) is 0 Å². The van der Waals surface area contributed by atoms with Gasteiger partial charge in [-0.15, -0.1) is 0 Å². The highest BCUT2D eigenvalue weighted by molar-refractivity contribution is 5.27. The molecule has 0 aliphatic carbocycles. The highest BCUT2D eigenvalue weighted by Crippen LogP contribution is 2.15. The Bertz CT molecular complexity index is 546. The van der Waals surface area contributed by atoms with E-state index in [-0.39, 0.29) is 12.1 Å². The number of rotatable bonds is 7. The fraction of sp³-hybridized carbons (Fsp3) is 0.500. The van der Waals surface area contributed by atoms with Crippen molar-refractivity contribution < 1.29 is 4.74 Å². The van der Waals surface area contributed by atoms with E-state index in [2.05, 4.69) is 36.1 Å². The van der Waals surface area contributed by atoms with E-state index in [1.54, 1.807) is 6.33 Å². The van der Waals surface area contributed by atoms with Crippen molar-refractivity contribution in [2.24, 2.45) is 5.73 Å². The maximum Gasteiger partial charge on any atom is 0.165 e. The van der Waals surface area contributed by atoms with E-state index in [0.717, 1.165) is 24.4 Å². The lowest BCUT2D eigenvalue weighted by molar-refractivity contribution is 0.282. The van der Waals surface area contributed by atoms with Crippen LogP contribution in [0.4, 0.5) is 0 Å². The summed E-state index contributed by atoms with van der Waals surface area (Å²) < 4.78 is 7.65. The molecule has 2 aromatic rings. The molecule has 0 fully saturated rings. The Morgan fingerprint density at radius 3 is 2.52 bits per heavy atom. The van der Waals surface area contributed by atoms with Crippen LogP contribution >= 0.6 is 0 Å². The van der Waals surface area contributed by atoms with Crippen LogP contribution in [0.15, 0.2) is 30.6 Å². The topological polar surface area (TPSA) is 66.0 Å². The third-order valence-corrected chi connectivity index (χ3v) is 3.32. The van der Waals surface area contributed by atoms with Gasteiger partial charge in [0, 0.05) is 12.1 Å². The minimum Gasteiger partial charge on any atom is -0.486 e. The first-order chi connectivity index (χ1) is 10.1. The molecule has 114 valence electrons. The molecule has 0 amide bonds. The minimum absolute atomic E-state index is 0.239. The van der Waals surface area contributed by atoms with Crippen LogP contribution in [0.5, 0.6) is 5.75 Å². The molecule has 2 rings (SSSR count). The summed E-state index contributed by atoms with van der Waals surface area (Å²) in [6.07, 6.45) is 3.56. The predicted octanol–water partition coefficient (Wildman–Crippen LogP) is 2.72. The fourth-order valence-corrected chi connectivity index (χ4v) is 2.10. The summed E-state index contributed by atoms with van der Waals surface area (Å²) in [7, 11) is 0. The molecule has 0 aliphatic rings. The van der Waals surface area contributed by atoms with Crippen LogP contribution in [0.25, 0.3) is 0 Å². The summed E-state index contributed by atoms with van der Waals surface area (Å²) in [6.45, 7) is 6.61. The number of benzene rings is 1. The van der Waals surface area contributed by atoms with Crippen LogP contribution < -0.4 is 10.5 Å². The van der Waals surface area contributed by atoms with Crippen LogP contribution in [-0.4, -0.2) is 20.8 Å². The Kier molecular flexibility index (Phi) is 5.33. The largest absolute Gasteiger partial charge is 0.486 e. The Morgan fingerprint density at radius 2 is 1.90 bits per heavy atom. The van der Waals surface area contributed by atoms with E-state index < -0.39 is 0 Å². The van der Waals surface area contributed by atoms with E-state index in [1.165, 1.54) is 5.56 Å². The van der Waals surface area contributed by atoms with Crippen molar-refractivity contribution in [1.29, 1.82) is 0 Å². The van der Waals surface area contributed by atoms with Gasteiger partial charge in [-0.3, -0.25) is 0 Å². The molecule has 0 bridgehead atoms. The van der Waals surface area contributed by atoms with Crippen molar-refractivity contribution in [2.45, 2.75) is 52.3 Å². The summed E-state index contributed by atoms with van der Waals surface area (Å²) in [5, 5.41) is 4.20. The van der Waals surface area contributed by atoms with Gasteiger partial charge in [0.25, 0.3) is 0 Å². The van der Waals surface area contributed by atoms with E-state index in [1.807, 2.05) is 23.7 Å². The highest BCUT2D eigenvalue weighted by Gasteiger charge is 2.08. The van der Waals surface area contributed by atoms with Gasteiger partial charge in [0.1, 0.15) is 18.7 Å². The molecule has 0 saturated carbocycles. The van der Waals surface area contributed by atoms with E-state index in [9.17, 15) is 0 Å². The quantitative estimate of drug-likeness (QED) is 0.850.